The van der Waals surface area contributed by atoms with Crippen molar-refractivity contribution >= 4 is 43.5 Å². The minimum Gasteiger partial charge on any atom is -0.455 e. The zero-order chi connectivity index (χ0) is 33.7. The first-order valence-electron chi connectivity index (χ1n) is 17.1. The summed E-state index contributed by atoms with van der Waals surface area (Å²) in [5.74, 6) is 1.79. The second-order valence-electron chi connectivity index (χ2n) is 12.8. The SMILES string of the molecule is c1ccc(-c2nc(-c3ccccc3)nc(-c3ccc(-c4cccc(-c5ccc6ccccc6c5)c4)c4c3oc3cc5ccccc5cc34)n2)cc1. The minimum absolute atomic E-state index is 0.563. The van der Waals surface area contributed by atoms with Crippen molar-refractivity contribution in [2.75, 3.05) is 0 Å². The fourth-order valence-electron chi connectivity index (χ4n) is 7.15. The Morgan fingerprint density at radius 3 is 1.57 bits per heavy atom. The molecule has 0 radical (unpaired) electrons. The summed E-state index contributed by atoms with van der Waals surface area (Å²) >= 11 is 0. The second-order valence-corrected chi connectivity index (χ2v) is 12.8. The molecule has 0 saturated heterocycles. The Bertz CT molecular complexity index is 2860. The lowest BCUT2D eigenvalue weighted by Gasteiger charge is -2.12. The summed E-state index contributed by atoms with van der Waals surface area (Å²) in [5.41, 5.74) is 8.77. The number of furan rings is 1. The molecule has 10 rings (SSSR count). The lowest BCUT2D eigenvalue weighted by atomic mass is 9.93. The van der Waals surface area contributed by atoms with Crippen molar-refractivity contribution in [1.29, 1.82) is 0 Å². The van der Waals surface area contributed by atoms with Gasteiger partial charge in [0.1, 0.15) is 11.2 Å². The first-order chi connectivity index (χ1) is 25.2. The normalized spacial score (nSPS) is 11.5. The predicted molar refractivity (Wildman–Crippen MR) is 209 cm³/mol. The maximum atomic E-state index is 6.86. The van der Waals surface area contributed by atoms with Gasteiger partial charge in [0.15, 0.2) is 17.5 Å². The van der Waals surface area contributed by atoms with Gasteiger partial charge in [-0.05, 0) is 74.1 Å². The summed E-state index contributed by atoms with van der Waals surface area (Å²) in [6.07, 6.45) is 0. The molecule has 0 fully saturated rings. The Balaban J connectivity index is 1.22. The first kappa shape index (κ1) is 29.0. The van der Waals surface area contributed by atoms with Crippen molar-refractivity contribution in [2.24, 2.45) is 0 Å². The molecule has 8 aromatic carbocycles. The Hall–Kier alpha value is -6.91. The van der Waals surface area contributed by atoms with Gasteiger partial charge in [-0.25, -0.2) is 15.0 Å². The average molecular weight is 652 g/mol. The highest BCUT2D eigenvalue weighted by Gasteiger charge is 2.21. The molecule has 2 aromatic heterocycles. The van der Waals surface area contributed by atoms with Crippen molar-refractivity contribution in [2.45, 2.75) is 0 Å². The van der Waals surface area contributed by atoms with Gasteiger partial charge < -0.3 is 4.42 Å². The maximum Gasteiger partial charge on any atom is 0.167 e. The third-order valence-electron chi connectivity index (χ3n) is 9.68. The zero-order valence-corrected chi connectivity index (χ0v) is 27.5. The number of hydrogen-bond donors (Lipinski definition) is 0. The highest BCUT2D eigenvalue weighted by Crippen LogP contribution is 2.43. The fraction of sp³-hybridized carbons (Fsp3) is 0. The van der Waals surface area contributed by atoms with Crippen molar-refractivity contribution < 1.29 is 4.42 Å². The van der Waals surface area contributed by atoms with Gasteiger partial charge in [0.25, 0.3) is 0 Å². The highest BCUT2D eigenvalue weighted by atomic mass is 16.3. The first-order valence-corrected chi connectivity index (χ1v) is 17.1. The molecule has 0 aliphatic carbocycles. The summed E-state index contributed by atoms with van der Waals surface area (Å²) in [7, 11) is 0. The molecule has 0 N–H and O–H groups in total. The van der Waals surface area contributed by atoms with Gasteiger partial charge in [0.05, 0.1) is 5.56 Å². The zero-order valence-electron chi connectivity index (χ0n) is 27.5. The lowest BCUT2D eigenvalue weighted by molar-refractivity contribution is 0.670. The molecule has 10 aromatic rings. The monoisotopic (exact) mass is 651 g/mol. The number of rotatable bonds is 5. The Morgan fingerprint density at radius 2 is 0.863 bits per heavy atom. The van der Waals surface area contributed by atoms with Crippen LogP contribution >= 0.6 is 0 Å². The van der Waals surface area contributed by atoms with Gasteiger partial charge in [-0.3, -0.25) is 0 Å². The second kappa shape index (κ2) is 11.9. The standard InChI is InChI=1S/C47H29N3O/c1-3-13-31(14-4-1)45-48-46(32-15-5-2-6-16-32)50-47(49-45)40-25-24-39(43-41-28-35-18-9-10-19-36(35)29-42(41)51-44(40)43)38-21-11-20-34(27-38)37-23-22-30-12-7-8-17-33(30)26-37/h1-29H. The Morgan fingerprint density at radius 1 is 0.333 bits per heavy atom. The van der Waals surface area contributed by atoms with Crippen molar-refractivity contribution in [3.8, 4) is 56.4 Å². The largest absolute Gasteiger partial charge is 0.455 e. The molecule has 238 valence electrons. The van der Waals surface area contributed by atoms with Crippen LogP contribution in [0.4, 0.5) is 0 Å². The molecule has 0 aliphatic heterocycles. The minimum atomic E-state index is 0.563. The van der Waals surface area contributed by atoms with Crippen LogP contribution in [0.5, 0.6) is 0 Å². The smallest absolute Gasteiger partial charge is 0.167 e. The van der Waals surface area contributed by atoms with E-state index in [-0.39, 0.29) is 0 Å². The molecule has 51 heavy (non-hydrogen) atoms. The van der Waals surface area contributed by atoms with E-state index >= 15 is 0 Å². The molecule has 0 saturated carbocycles. The fourth-order valence-corrected chi connectivity index (χ4v) is 7.15. The Kier molecular flexibility index (Phi) is 6.78. The quantitative estimate of drug-likeness (QED) is 0.186. The van der Waals surface area contributed by atoms with Gasteiger partial charge in [-0.2, -0.15) is 0 Å². The molecule has 0 aliphatic rings. The van der Waals surface area contributed by atoms with E-state index in [1.807, 2.05) is 60.7 Å². The van der Waals surface area contributed by atoms with E-state index in [4.69, 9.17) is 19.4 Å². The molecule has 0 atom stereocenters. The van der Waals surface area contributed by atoms with Crippen molar-refractivity contribution in [1.82, 2.24) is 15.0 Å². The number of fused-ring (bicyclic) bond motifs is 5. The van der Waals surface area contributed by atoms with Crippen molar-refractivity contribution in [3.05, 3.63) is 176 Å². The molecule has 0 amide bonds. The topological polar surface area (TPSA) is 51.8 Å². The van der Waals surface area contributed by atoms with Gasteiger partial charge in [0, 0.05) is 21.9 Å². The van der Waals surface area contributed by atoms with Crippen LogP contribution in [0.15, 0.2) is 180 Å². The van der Waals surface area contributed by atoms with E-state index < -0.39 is 0 Å². The van der Waals surface area contributed by atoms with Gasteiger partial charge in [-0.1, -0.05) is 146 Å². The predicted octanol–water partition coefficient (Wildman–Crippen LogP) is 12.4. The van der Waals surface area contributed by atoms with Crippen LogP contribution < -0.4 is 0 Å². The number of hydrogen-bond acceptors (Lipinski definition) is 4. The Labute approximate surface area is 294 Å². The van der Waals surface area contributed by atoms with E-state index in [1.165, 1.54) is 16.3 Å². The van der Waals surface area contributed by atoms with Gasteiger partial charge >= 0.3 is 0 Å². The molecule has 2 heterocycles. The van der Waals surface area contributed by atoms with E-state index in [9.17, 15) is 0 Å². The van der Waals surface area contributed by atoms with Crippen LogP contribution in [-0.2, 0) is 0 Å². The molecule has 4 heteroatoms. The molecular weight excluding hydrogens is 623 g/mol. The van der Waals surface area contributed by atoms with Crippen LogP contribution in [0.2, 0.25) is 0 Å². The van der Waals surface area contributed by atoms with E-state index in [0.717, 1.165) is 66.1 Å². The van der Waals surface area contributed by atoms with Crippen LogP contribution in [0.25, 0.3) is 99.9 Å². The summed E-state index contributed by atoms with van der Waals surface area (Å²) in [4.78, 5) is 15.1. The van der Waals surface area contributed by atoms with Crippen molar-refractivity contribution in [3.63, 3.8) is 0 Å². The van der Waals surface area contributed by atoms with E-state index in [2.05, 4.69) is 115 Å². The number of aromatic nitrogens is 3. The van der Waals surface area contributed by atoms with Crippen LogP contribution in [0.3, 0.4) is 0 Å². The third-order valence-corrected chi connectivity index (χ3v) is 9.68. The van der Waals surface area contributed by atoms with Gasteiger partial charge in [0.2, 0.25) is 0 Å². The summed E-state index contributed by atoms with van der Waals surface area (Å²) in [5, 5.41) is 6.83. The lowest BCUT2D eigenvalue weighted by Crippen LogP contribution is -2.00. The number of benzene rings is 8. The summed E-state index contributed by atoms with van der Waals surface area (Å²) in [6.45, 7) is 0. The average Bonchev–Trinajstić information content (AvgIpc) is 3.58. The van der Waals surface area contributed by atoms with Crippen LogP contribution in [-0.4, -0.2) is 15.0 Å². The van der Waals surface area contributed by atoms with Crippen LogP contribution in [0.1, 0.15) is 0 Å². The molecule has 0 bridgehead atoms. The van der Waals surface area contributed by atoms with Crippen LogP contribution in [0, 0.1) is 0 Å². The molecule has 0 unspecified atom stereocenters. The summed E-state index contributed by atoms with van der Waals surface area (Å²) < 4.78 is 6.86. The van der Waals surface area contributed by atoms with Gasteiger partial charge in [-0.15, -0.1) is 0 Å². The third kappa shape index (κ3) is 5.13. The van der Waals surface area contributed by atoms with E-state index in [1.54, 1.807) is 0 Å². The highest BCUT2D eigenvalue weighted by molar-refractivity contribution is 6.18. The molecular formula is C47H29N3O. The van der Waals surface area contributed by atoms with E-state index in [0.29, 0.717) is 17.5 Å². The molecule has 0 spiro atoms. The number of nitrogens with zero attached hydrogens (tertiary/aromatic N) is 3. The maximum absolute atomic E-state index is 6.86. The summed E-state index contributed by atoms with van der Waals surface area (Å²) in [6, 6.07) is 61.2. The molecule has 4 nitrogen and oxygen atoms in total.